The molecule has 0 rings (SSSR count). The molecule has 0 saturated carbocycles. The van der Waals surface area contributed by atoms with Crippen molar-refractivity contribution in [1.82, 2.24) is 5.43 Å². The van der Waals surface area contributed by atoms with E-state index >= 15 is 0 Å². The Balaban J connectivity index is 3.95. The minimum atomic E-state index is 0.0616. The molecule has 86 valence electrons. The molecule has 0 aliphatic carbocycles. The van der Waals surface area contributed by atoms with Crippen molar-refractivity contribution in [1.29, 1.82) is 0 Å². The fourth-order valence-electron chi connectivity index (χ4n) is 1.49. The van der Waals surface area contributed by atoms with Gasteiger partial charge in [0.2, 0.25) is 0 Å². The number of hydrogen-bond acceptors (Lipinski definition) is 4. The molecule has 0 aromatic heterocycles. The first-order valence-corrected chi connectivity index (χ1v) is 5.24. The lowest BCUT2D eigenvalue weighted by Gasteiger charge is -2.28. The van der Waals surface area contributed by atoms with Crippen molar-refractivity contribution in [2.75, 3.05) is 20.3 Å². The zero-order valence-corrected chi connectivity index (χ0v) is 9.75. The molecular weight excluding hydrogens is 180 g/mol. The topological polar surface area (TPSA) is 56.5 Å². The third-order valence-corrected chi connectivity index (χ3v) is 2.19. The highest BCUT2D eigenvalue weighted by molar-refractivity contribution is 4.77. The van der Waals surface area contributed by atoms with Crippen LogP contribution in [0.25, 0.3) is 0 Å². The summed E-state index contributed by atoms with van der Waals surface area (Å²) in [4.78, 5) is 0. The molecule has 4 nitrogen and oxygen atoms in total. The van der Waals surface area contributed by atoms with E-state index in [2.05, 4.69) is 26.2 Å². The maximum atomic E-state index is 5.46. The van der Waals surface area contributed by atoms with E-state index in [1.807, 2.05) is 0 Å². The molecule has 0 aliphatic heterocycles. The van der Waals surface area contributed by atoms with E-state index in [0.29, 0.717) is 12.5 Å². The van der Waals surface area contributed by atoms with E-state index in [9.17, 15) is 0 Å². The Kier molecular flexibility index (Phi) is 8.08. The Labute approximate surface area is 87.1 Å². The summed E-state index contributed by atoms with van der Waals surface area (Å²) in [6.07, 6.45) is 1.12. The van der Waals surface area contributed by atoms with Crippen LogP contribution in [0.3, 0.4) is 0 Å². The Hall–Kier alpha value is -0.160. The van der Waals surface area contributed by atoms with Crippen molar-refractivity contribution in [2.45, 2.75) is 39.3 Å². The average Bonchev–Trinajstić information content (AvgIpc) is 2.16. The molecule has 0 aliphatic rings. The second-order valence-corrected chi connectivity index (χ2v) is 3.79. The van der Waals surface area contributed by atoms with Crippen molar-refractivity contribution in [2.24, 2.45) is 11.8 Å². The van der Waals surface area contributed by atoms with Gasteiger partial charge in [-0.1, -0.05) is 20.8 Å². The van der Waals surface area contributed by atoms with Gasteiger partial charge in [0.25, 0.3) is 0 Å². The maximum Gasteiger partial charge on any atom is 0.0783 e. The molecule has 0 saturated heterocycles. The quantitative estimate of drug-likeness (QED) is 0.351. The normalized spacial score (nSPS) is 15.9. The van der Waals surface area contributed by atoms with Gasteiger partial charge < -0.3 is 9.47 Å². The number of rotatable bonds is 8. The molecule has 0 amide bonds. The van der Waals surface area contributed by atoms with Gasteiger partial charge in [0.15, 0.2) is 0 Å². The Morgan fingerprint density at radius 1 is 1.36 bits per heavy atom. The van der Waals surface area contributed by atoms with Crippen LogP contribution in [0.15, 0.2) is 0 Å². The standard InChI is InChI=1S/C10H24N2O2/c1-5-6-14-7-9(12-11)10(13-4)8(2)3/h8-10,12H,5-7,11H2,1-4H3. The van der Waals surface area contributed by atoms with Crippen LogP contribution in [-0.2, 0) is 9.47 Å². The Morgan fingerprint density at radius 3 is 2.36 bits per heavy atom. The molecule has 0 fully saturated rings. The first kappa shape index (κ1) is 13.8. The molecule has 0 aromatic rings. The van der Waals surface area contributed by atoms with Gasteiger partial charge in [-0.25, -0.2) is 0 Å². The molecule has 3 N–H and O–H groups in total. The molecule has 2 atom stereocenters. The predicted octanol–water partition coefficient (Wildman–Crippen LogP) is 0.916. The van der Waals surface area contributed by atoms with Crippen molar-refractivity contribution in [3.8, 4) is 0 Å². The van der Waals surface area contributed by atoms with E-state index in [-0.39, 0.29) is 12.1 Å². The number of methoxy groups -OCH3 is 1. The third-order valence-electron chi connectivity index (χ3n) is 2.19. The molecule has 4 heteroatoms. The van der Waals surface area contributed by atoms with E-state index in [4.69, 9.17) is 15.3 Å². The van der Waals surface area contributed by atoms with E-state index in [0.717, 1.165) is 13.0 Å². The van der Waals surface area contributed by atoms with Gasteiger partial charge in [-0.15, -0.1) is 0 Å². The second-order valence-electron chi connectivity index (χ2n) is 3.79. The van der Waals surface area contributed by atoms with Gasteiger partial charge in [-0.2, -0.15) is 0 Å². The van der Waals surface area contributed by atoms with Gasteiger partial charge in [0.1, 0.15) is 0 Å². The van der Waals surface area contributed by atoms with Crippen LogP contribution in [0.5, 0.6) is 0 Å². The number of nitrogens with one attached hydrogen (secondary N) is 1. The largest absolute Gasteiger partial charge is 0.380 e. The highest BCUT2D eigenvalue weighted by Crippen LogP contribution is 2.10. The van der Waals surface area contributed by atoms with Crippen LogP contribution in [0.1, 0.15) is 27.2 Å². The summed E-state index contributed by atoms with van der Waals surface area (Å²) < 4.78 is 10.8. The Bertz CT molecular complexity index is 131. The number of hydrazine groups is 1. The Morgan fingerprint density at radius 2 is 2.00 bits per heavy atom. The molecular formula is C10H24N2O2. The van der Waals surface area contributed by atoms with Crippen LogP contribution in [0.4, 0.5) is 0 Å². The predicted molar refractivity (Wildman–Crippen MR) is 57.9 cm³/mol. The fraction of sp³-hybridized carbons (Fsp3) is 1.00. The molecule has 0 bridgehead atoms. The van der Waals surface area contributed by atoms with Gasteiger partial charge in [-0.3, -0.25) is 11.3 Å². The van der Waals surface area contributed by atoms with Crippen molar-refractivity contribution in [3.63, 3.8) is 0 Å². The first-order chi connectivity index (χ1) is 6.67. The van der Waals surface area contributed by atoms with Crippen LogP contribution >= 0.6 is 0 Å². The average molecular weight is 204 g/mol. The molecule has 0 spiro atoms. The maximum absolute atomic E-state index is 5.46. The summed E-state index contributed by atoms with van der Waals surface area (Å²) in [5.74, 6) is 5.88. The molecule has 0 radical (unpaired) electrons. The van der Waals surface area contributed by atoms with Gasteiger partial charge in [0, 0.05) is 13.7 Å². The second kappa shape index (κ2) is 8.17. The molecule has 14 heavy (non-hydrogen) atoms. The summed E-state index contributed by atoms with van der Waals surface area (Å²) in [7, 11) is 1.70. The molecule has 2 unspecified atom stereocenters. The number of hydrogen-bond donors (Lipinski definition) is 2. The number of ether oxygens (including phenoxy) is 2. The fourth-order valence-corrected chi connectivity index (χ4v) is 1.49. The van der Waals surface area contributed by atoms with Crippen molar-refractivity contribution < 1.29 is 9.47 Å². The number of nitrogens with two attached hydrogens (primary N) is 1. The monoisotopic (exact) mass is 204 g/mol. The van der Waals surface area contributed by atoms with Gasteiger partial charge in [0.05, 0.1) is 18.8 Å². The molecule has 0 heterocycles. The zero-order chi connectivity index (χ0) is 11.0. The minimum absolute atomic E-state index is 0.0616. The van der Waals surface area contributed by atoms with E-state index < -0.39 is 0 Å². The lowest BCUT2D eigenvalue weighted by atomic mass is 10.0. The van der Waals surface area contributed by atoms with Gasteiger partial charge >= 0.3 is 0 Å². The van der Waals surface area contributed by atoms with Crippen LogP contribution in [0.2, 0.25) is 0 Å². The summed E-state index contributed by atoms with van der Waals surface area (Å²) in [5.41, 5.74) is 2.74. The zero-order valence-electron chi connectivity index (χ0n) is 9.75. The van der Waals surface area contributed by atoms with Crippen LogP contribution in [0, 0.1) is 5.92 Å². The van der Waals surface area contributed by atoms with E-state index in [1.165, 1.54) is 0 Å². The highest BCUT2D eigenvalue weighted by Gasteiger charge is 2.23. The smallest absolute Gasteiger partial charge is 0.0783 e. The molecule has 0 aromatic carbocycles. The summed E-state index contributed by atoms with van der Waals surface area (Å²) in [5, 5.41) is 0. The highest BCUT2D eigenvalue weighted by atomic mass is 16.5. The van der Waals surface area contributed by atoms with E-state index in [1.54, 1.807) is 7.11 Å². The summed E-state index contributed by atoms with van der Waals surface area (Å²) >= 11 is 0. The van der Waals surface area contributed by atoms with Crippen molar-refractivity contribution in [3.05, 3.63) is 0 Å². The van der Waals surface area contributed by atoms with Gasteiger partial charge in [-0.05, 0) is 12.3 Å². The summed E-state index contributed by atoms with van der Waals surface area (Å²) in [6.45, 7) is 7.67. The SMILES string of the molecule is CCCOCC(NN)C(OC)C(C)C. The van der Waals surface area contributed by atoms with Crippen molar-refractivity contribution >= 4 is 0 Å². The van der Waals surface area contributed by atoms with Crippen LogP contribution in [-0.4, -0.2) is 32.5 Å². The first-order valence-electron chi connectivity index (χ1n) is 5.24. The van der Waals surface area contributed by atoms with Crippen LogP contribution < -0.4 is 11.3 Å². The lowest BCUT2D eigenvalue weighted by molar-refractivity contribution is -0.00276. The minimum Gasteiger partial charge on any atom is -0.380 e. The lowest BCUT2D eigenvalue weighted by Crippen LogP contribution is -2.50. The summed E-state index contributed by atoms with van der Waals surface area (Å²) in [6, 6.07) is 0.0616. The third kappa shape index (κ3) is 4.91.